The molecule has 2 aliphatic rings. The fourth-order valence-electron chi connectivity index (χ4n) is 3.65. The molecule has 0 spiro atoms. The van der Waals surface area contributed by atoms with Crippen molar-refractivity contribution in [3.63, 3.8) is 0 Å². The van der Waals surface area contributed by atoms with E-state index < -0.39 is 0 Å². The normalized spacial score (nSPS) is 57.0. The van der Waals surface area contributed by atoms with E-state index in [1.807, 2.05) is 0 Å². The smallest absolute Gasteiger partial charge is 0.0104 e. The highest BCUT2D eigenvalue weighted by atomic mass is 15.1. The van der Waals surface area contributed by atoms with Crippen molar-refractivity contribution < 1.29 is 0 Å². The quantitative estimate of drug-likeness (QED) is 0.666. The van der Waals surface area contributed by atoms with Crippen LogP contribution in [0, 0.1) is 17.3 Å². The second kappa shape index (κ2) is 2.47. The van der Waals surface area contributed by atoms with Crippen molar-refractivity contribution in [1.82, 2.24) is 5.32 Å². The van der Waals surface area contributed by atoms with Crippen LogP contribution in [0.3, 0.4) is 0 Å². The molecule has 1 aliphatic heterocycles. The molecule has 1 heteroatoms. The number of hydrogen-bond acceptors (Lipinski definition) is 1. The van der Waals surface area contributed by atoms with Gasteiger partial charge in [0.25, 0.3) is 0 Å². The molecule has 0 aromatic heterocycles. The maximum Gasteiger partial charge on any atom is 0.0104 e. The van der Waals surface area contributed by atoms with Crippen molar-refractivity contribution in [1.29, 1.82) is 0 Å². The van der Waals surface area contributed by atoms with Crippen molar-refractivity contribution >= 4 is 0 Å². The summed E-state index contributed by atoms with van der Waals surface area (Å²) in [6.07, 6.45) is 2.69. The highest BCUT2D eigenvalue weighted by Gasteiger charge is 2.68. The number of piperidine rings is 1. The number of fused-ring (bicyclic) bond motifs is 1. The summed E-state index contributed by atoms with van der Waals surface area (Å²) < 4.78 is 0. The molecule has 1 heterocycles. The van der Waals surface area contributed by atoms with E-state index in [2.05, 4.69) is 33.0 Å². The van der Waals surface area contributed by atoms with Crippen molar-refractivity contribution in [3.8, 4) is 0 Å². The van der Waals surface area contributed by atoms with Crippen LogP contribution in [-0.2, 0) is 0 Å². The van der Waals surface area contributed by atoms with Gasteiger partial charge in [-0.1, -0.05) is 27.2 Å². The van der Waals surface area contributed by atoms with Crippen LogP contribution in [0.1, 0.15) is 40.5 Å². The predicted molar refractivity (Wildman–Crippen MR) is 52.1 cm³/mol. The lowest BCUT2D eigenvalue weighted by Gasteiger charge is -2.20. The third kappa shape index (κ3) is 0.783. The Morgan fingerprint density at radius 1 is 1.25 bits per heavy atom. The molecule has 1 nitrogen and oxygen atoms in total. The zero-order chi connectivity index (χ0) is 8.93. The molecular weight excluding hydrogens is 146 g/mol. The monoisotopic (exact) mass is 167 g/mol. The summed E-state index contributed by atoms with van der Waals surface area (Å²) in [5.74, 6) is 2.00. The predicted octanol–water partition coefficient (Wildman–Crippen LogP) is 2.42. The third-order valence-corrected chi connectivity index (χ3v) is 4.55. The van der Waals surface area contributed by atoms with Gasteiger partial charge in [0.05, 0.1) is 0 Å². The minimum absolute atomic E-state index is 0.648. The van der Waals surface area contributed by atoms with Crippen LogP contribution in [0.25, 0.3) is 0 Å². The molecule has 1 saturated heterocycles. The van der Waals surface area contributed by atoms with Crippen LogP contribution < -0.4 is 5.32 Å². The molecule has 5 unspecified atom stereocenters. The van der Waals surface area contributed by atoms with E-state index in [9.17, 15) is 0 Å². The highest BCUT2D eigenvalue weighted by molar-refractivity contribution is 5.20. The molecule has 1 aliphatic carbocycles. The zero-order valence-corrected chi connectivity index (χ0v) is 8.72. The molecule has 0 radical (unpaired) electrons. The van der Waals surface area contributed by atoms with Crippen LogP contribution in [0.15, 0.2) is 0 Å². The van der Waals surface area contributed by atoms with E-state index in [4.69, 9.17) is 0 Å². The van der Waals surface area contributed by atoms with Crippen molar-refractivity contribution in [2.24, 2.45) is 17.3 Å². The molecule has 2 fully saturated rings. The van der Waals surface area contributed by atoms with E-state index in [0.717, 1.165) is 23.9 Å². The van der Waals surface area contributed by atoms with Gasteiger partial charge in [-0.15, -0.1) is 0 Å². The summed E-state index contributed by atoms with van der Waals surface area (Å²) in [4.78, 5) is 0. The number of rotatable bonds is 2. The average molecular weight is 167 g/mol. The van der Waals surface area contributed by atoms with Gasteiger partial charge in [0.2, 0.25) is 0 Å². The second-order valence-electron chi connectivity index (χ2n) is 4.81. The van der Waals surface area contributed by atoms with Gasteiger partial charge < -0.3 is 5.32 Å². The van der Waals surface area contributed by atoms with Gasteiger partial charge in [-0.25, -0.2) is 0 Å². The molecule has 1 N–H and O–H groups in total. The zero-order valence-electron chi connectivity index (χ0n) is 8.72. The second-order valence-corrected chi connectivity index (χ2v) is 4.81. The molecule has 0 bridgehead atoms. The molecule has 2 rings (SSSR count). The van der Waals surface area contributed by atoms with E-state index in [1.54, 1.807) is 0 Å². The summed E-state index contributed by atoms with van der Waals surface area (Å²) >= 11 is 0. The van der Waals surface area contributed by atoms with Crippen LogP contribution >= 0.6 is 0 Å². The molecular formula is C11H21N. The van der Waals surface area contributed by atoms with E-state index in [0.29, 0.717) is 5.41 Å². The van der Waals surface area contributed by atoms with Gasteiger partial charge in [0.1, 0.15) is 0 Å². The van der Waals surface area contributed by atoms with E-state index >= 15 is 0 Å². The summed E-state index contributed by atoms with van der Waals surface area (Å²) in [6.45, 7) is 9.48. The van der Waals surface area contributed by atoms with E-state index in [-0.39, 0.29) is 0 Å². The maximum atomic E-state index is 3.71. The maximum absolute atomic E-state index is 3.71. The molecule has 0 aromatic carbocycles. The topological polar surface area (TPSA) is 12.0 Å². The van der Waals surface area contributed by atoms with Gasteiger partial charge in [-0.2, -0.15) is 0 Å². The summed E-state index contributed by atoms with van der Waals surface area (Å²) in [6, 6.07) is 1.56. The number of nitrogens with one attached hydrogen (secondary N) is 1. The molecule has 70 valence electrons. The van der Waals surface area contributed by atoms with Gasteiger partial charge in [0, 0.05) is 12.1 Å². The first-order valence-corrected chi connectivity index (χ1v) is 5.42. The molecule has 12 heavy (non-hydrogen) atoms. The fraction of sp³-hybridized carbons (Fsp3) is 1.00. The fourth-order valence-corrected chi connectivity index (χ4v) is 3.65. The first-order chi connectivity index (χ1) is 5.66. The largest absolute Gasteiger partial charge is 0.311 e. The van der Waals surface area contributed by atoms with Crippen LogP contribution in [-0.4, -0.2) is 12.1 Å². The molecule has 0 amide bonds. The molecule has 0 aromatic rings. The van der Waals surface area contributed by atoms with Crippen molar-refractivity contribution in [2.75, 3.05) is 0 Å². The van der Waals surface area contributed by atoms with Gasteiger partial charge in [-0.3, -0.25) is 0 Å². The van der Waals surface area contributed by atoms with Crippen LogP contribution in [0.5, 0.6) is 0 Å². The average Bonchev–Trinajstić information content (AvgIpc) is 2.59. The first kappa shape index (κ1) is 8.55. The third-order valence-electron chi connectivity index (χ3n) is 4.55. The summed E-state index contributed by atoms with van der Waals surface area (Å²) in [7, 11) is 0. The Kier molecular flexibility index (Phi) is 1.76. The Bertz CT molecular complexity index is 183. The Balaban J connectivity index is 2.14. The standard InChI is InChI=1S/C11H21N/c1-5-8-10-9(6-2)12-7(3)11(8,10)4/h7-10,12H,5-6H2,1-4H3. The van der Waals surface area contributed by atoms with Gasteiger partial charge >= 0.3 is 0 Å². The highest BCUT2D eigenvalue weighted by Crippen LogP contribution is 2.67. The Labute approximate surface area is 75.9 Å². The Morgan fingerprint density at radius 3 is 2.33 bits per heavy atom. The van der Waals surface area contributed by atoms with E-state index in [1.165, 1.54) is 12.8 Å². The Hall–Kier alpha value is -0.0400. The minimum Gasteiger partial charge on any atom is -0.311 e. The van der Waals surface area contributed by atoms with Crippen LogP contribution in [0.4, 0.5) is 0 Å². The summed E-state index contributed by atoms with van der Waals surface area (Å²) in [5, 5.41) is 3.71. The lowest BCUT2D eigenvalue weighted by molar-refractivity contribution is 0.362. The Morgan fingerprint density at radius 2 is 1.92 bits per heavy atom. The van der Waals surface area contributed by atoms with Gasteiger partial charge in [0.15, 0.2) is 0 Å². The van der Waals surface area contributed by atoms with Crippen molar-refractivity contribution in [3.05, 3.63) is 0 Å². The summed E-state index contributed by atoms with van der Waals surface area (Å²) in [5.41, 5.74) is 0.648. The molecule has 1 saturated carbocycles. The SMILES string of the molecule is CCC1NC(C)C2(C)C(CC)C12. The lowest BCUT2D eigenvalue weighted by Crippen LogP contribution is -2.35. The van der Waals surface area contributed by atoms with Crippen LogP contribution in [0.2, 0.25) is 0 Å². The molecule has 5 atom stereocenters. The van der Waals surface area contributed by atoms with Crippen molar-refractivity contribution in [2.45, 2.75) is 52.6 Å². The minimum atomic E-state index is 0.648. The first-order valence-electron chi connectivity index (χ1n) is 5.42. The lowest BCUT2D eigenvalue weighted by atomic mass is 9.97. The number of hydrogen-bond donors (Lipinski definition) is 1. The van der Waals surface area contributed by atoms with Gasteiger partial charge in [-0.05, 0) is 30.6 Å².